The minimum Gasteiger partial charge on any atom is -0.379 e. The molecule has 32 heavy (non-hydrogen) atoms. The van der Waals surface area contributed by atoms with Crippen molar-refractivity contribution in [3.63, 3.8) is 0 Å². The van der Waals surface area contributed by atoms with Crippen LogP contribution in [0, 0.1) is 5.92 Å². The second-order valence-corrected chi connectivity index (χ2v) is 8.45. The van der Waals surface area contributed by atoms with Gasteiger partial charge in [-0.25, -0.2) is 0 Å². The highest BCUT2D eigenvalue weighted by Crippen LogP contribution is 2.21. The van der Waals surface area contributed by atoms with Gasteiger partial charge in [-0.05, 0) is 12.8 Å². The molecule has 1 atom stereocenters. The van der Waals surface area contributed by atoms with Gasteiger partial charge in [-0.3, -0.25) is 14.5 Å². The van der Waals surface area contributed by atoms with Crippen LogP contribution >= 0.6 is 0 Å². The average Bonchev–Trinajstić information content (AvgIpc) is 3.29. The van der Waals surface area contributed by atoms with Crippen molar-refractivity contribution < 1.29 is 18.8 Å². The summed E-state index contributed by atoms with van der Waals surface area (Å²) in [7, 11) is 1.74. The molecule has 2 fully saturated rings. The molecule has 3 heterocycles. The SMILES string of the molecule is CN(Cc1nc(-c2ccccc2)no1)C(=O)C1CCC(=O)N(CCCN2CCOCC2)C1. The van der Waals surface area contributed by atoms with E-state index in [1.165, 1.54) is 0 Å². The zero-order valence-corrected chi connectivity index (χ0v) is 18.6. The van der Waals surface area contributed by atoms with Crippen LogP contribution in [0.15, 0.2) is 34.9 Å². The fourth-order valence-corrected chi connectivity index (χ4v) is 4.26. The number of amides is 2. The van der Waals surface area contributed by atoms with Gasteiger partial charge in [0, 0.05) is 51.8 Å². The number of carbonyl (C=O) groups excluding carboxylic acids is 2. The normalized spacial score (nSPS) is 19.8. The lowest BCUT2D eigenvalue weighted by molar-refractivity contribution is -0.142. The Morgan fingerprint density at radius 1 is 1.19 bits per heavy atom. The molecule has 1 aromatic carbocycles. The van der Waals surface area contributed by atoms with Crippen molar-refractivity contribution >= 4 is 11.8 Å². The predicted molar refractivity (Wildman–Crippen MR) is 117 cm³/mol. The summed E-state index contributed by atoms with van der Waals surface area (Å²) >= 11 is 0. The minimum absolute atomic E-state index is 0.00939. The van der Waals surface area contributed by atoms with Gasteiger partial charge in [0.1, 0.15) is 0 Å². The number of hydrogen-bond acceptors (Lipinski definition) is 7. The quantitative estimate of drug-likeness (QED) is 0.615. The maximum atomic E-state index is 13.0. The standard InChI is InChI=1S/C23H31N5O4/c1-26(17-20-24-22(25-32-20)18-6-3-2-4-7-18)23(30)19-8-9-21(29)28(16-19)11-5-10-27-12-14-31-15-13-27/h2-4,6-7,19H,5,8-17H2,1H3. The van der Waals surface area contributed by atoms with E-state index >= 15 is 0 Å². The highest BCUT2D eigenvalue weighted by molar-refractivity contribution is 5.83. The summed E-state index contributed by atoms with van der Waals surface area (Å²) in [5.74, 6) is 0.862. The number of ether oxygens (including phenoxy) is 1. The lowest BCUT2D eigenvalue weighted by Gasteiger charge is -2.34. The molecule has 2 saturated heterocycles. The van der Waals surface area contributed by atoms with Gasteiger partial charge in [0.15, 0.2) is 0 Å². The van der Waals surface area contributed by atoms with Crippen LogP contribution < -0.4 is 0 Å². The first-order valence-electron chi connectivity index (χ1n) is 11.3. The summed E-state index contributed by atoms with van der Waals surface area (Å²) < 4.78 is 10.7. The van der Waals surface area contributed by atoms with Gasteiger partial charge >= 0.3 is 0 Å². The first kappa shape index (κ1) is 22.4. The monoisotopic (exact) mass is 441 g/mol. The van der Waals surface area contributed by atoms with E-state index in [9.17, 15) is 9.59 Å². The number of benzene rings is 1. The lowest BCUT2D eigenvalue weighted by atomic mass is 9.96. The van der Waals surface area contributed by atoms with E-state index in [4.69, 9.17) is 9.26 Å². The molecule has 9 nitrogen and oxygen atoms in total. The molecule has 4 rings (SSSR count). The molecule has 1 aromatic heterocycles. The number of piperidine rings is 1. The Morgan fingerprint density at radius 2 is 1.97 bits per heavy atom. The Labute approximate surface area is 188 Å². The largest absolute Gasteiger partial charge is 0.379 e. The Hall–Kier alpha value is -2.78. The van der Waals surface area contributed by atoms with Crippen molar-refractivity contribution in [1.29, 1.82) is 0 Å². The summed E-state index contributed by atoms with van der Waals surface area (Å²) in [5.41, 5.74) is 0.870. The average molecular weight is 442 g/mol. The van der Waals surface area contributed by atoms with Crippen LogP contribution in [0.3, 0.4) is 0 Å². The second kappa shape index (κ2) is 10.7. The zero-order chi connectivity index (χ0) is 22.3. The summed E-state index contributed by atoms with van der Waals surface area (Å²) in [4.78, 5) is 35.6. The molecule has 0 aliphatic carbocycles. The molecule has 2 aliphatic rings. The van der Waals surface area contributed by atoms with Crippen molar-refractivity contribution in [1.82, 2.24) is 24.8 Å². The van der Waals surface area contributed by atoms with Crippen LogP contribution in [0.2, 0.25) is 0 Å². The highest BCUT2D eigenvalue weighted by atomic mass is 16.5. The first-order valence-corrected chi connectivity index (χ1v) is 11.3. The van der Waals surface area contributed by atoms with Crippen LogP contribution in [0.5, 0.6) is 0 Å². The molecular weight excluding hydrogens is 410 g/mol. The molecule has 0 N–H and O–H groups in total. The van der Waals surface area contributed by atoms with E-state index in [0.29, 0.717) is 37.6 Å². The van der Waals surface area contributed by atoms with E-state index < -0.39 is 0 Å². The maximum absolute atomic E-state index is 13.0. The maximum Gasteiger partial charge on any atom is 0.246 e. The molecule has 0 bridgehead atoms. The molecule has 9 heteroatoms. The van der Waals surface area contributed by atoms with Gasteiger partial charge in [-0.1, -0.05) is 35.5 Å². The Balaban J connectivity index is 1.27. The van der Waals surface area contributed by atoms with E-state index in [1.54, 1.807) is 11.9 Å². The van der Waals surface area contributed by atoms with E-state index in [2.05, 4.69) is 15.0 Å². The van der Waals surface area contributed by atoms with Gasteiger partial charge in [0.05, 0.1) is 25.7 Å². The predicted octanol–water partition coefficient (Wildman–Crippen LogP) is 1.66. The van der Waals surface area contributed by atoms with Gasteiger partial charge < -0.3 is 19.1 Å². The molecule has 2 amide bonds. The van der Waals surface area contributed by atoms with Crippen LogP contribution in [0.25, 0.3) is 11.4 Å². The minimum atomic E-state index is -0.197. The summed E-state index contributed by atoms with van der Waals surface area (Å²) in [6, 6.07) is 9.58. The number of likely N-dealkylation sites (tertiary alicyclic amines) is 1. The molecule has 0 radical (unpaired) electrons. The van der Waals surface area contributed by atoms with Gasteiger partial charge in [-0.15, -0.1) is 0 Å². The highest BCUT2D eigenvalue weighted by Gasteiger charge is 2.32. The number of rotatable bonds is 8. The van der Waals surface area contributed by atoms with Crippen molar-refractivity contribution in [3.8, 4) is 11.4 Å². The molecule has 172 valence electrons. The Bertz CT molecular complexity index is 897. The van der Waals surface area contributed by atoms with Crippen molar-refractivity contribution in [2.24, 2.45) is 5.92 Å². The second-order valence-electron chi connectivity index (χ2n) is 8.45. The summed E-state index contributed by atoms with van der Waals surface area (Å²) in [5, 5.41) is 4.02. The molecule has 2 aromatic rings. The summed E-state index contributed by atoms with van der Waals surface area (Å²) in [6.07, 6.45) is 1.91. The van der Waals surface area contributed by atoms with E-state index in [0.717, 1.165) is 44.8 Å². The van der Waals surface area contributed by atoms with Crippen molar-refractivity contribution in [2.45, 2.75) is 25.8 Å². The van der Waals surface area contributed by atoms with E-state index in [-0.39, 0.29) is 24.3 Å². The van der Waals surface area contributed by atoms with Crippen molar-refractivity contribution in [2.75, 3.05) is 53.0 Å². The van der Waals surface area contributed by atoms with Crippen LogP contribution in [0.4, 0.5) is 0 Å². The number of carbonyl (C=O) groups is 2. The lowest BCUT2D eigenvalue weighted by Crippen LogP contribution is -2.47. The number of aromatic nitrogens is 2. The van der Waals surface area contributed by atoms with Crippen LogP contribution in [-0.2, 0) is 20.9 Å². The third-order valence-electron chi connectivity index (χ3n) is 6.10. The number of hydrogen-bond donors (Lipinski definition) is 0. The Kier molecular flexibility index (Phi) is 7.49. The number of morpholine rings is 1. The number of nitrogens with zero attached hydrogens (tertiary/aromatic N) is 5. The molecule has 1 unspecified atom stereocenters. The van der Waals surface area contributed by atoms with E-state index in [1.807, 2.05) is 35.2 Å². The third kappa shape index (κ3) is 5.72. The molecular formula is C23H31N5O4. The molecule has 2 aliphatic heterocycles. The third-order valence-corrected chi connectivity index (χ3v) is 6.10. The van der Waals surface area contributed by atoms with Crippen LogP contribution in [-0.4, -0.2) is 89.6 Å². The van der Waals surface area contributed by atoms with Gasteiger partial charge in [0.25, 0.3) is 0 Å². The molecule has 0 spiro atoms. The fraction of sp³-hybridized carbons (Fsp3) is 0.565. The summed E-state index contributed by atoms with van der Waals surface area (Å²) in [6.45, 7) is 5.81. The Morgan fingerprint density at radius 3 is 2.75 bits per heavy atom. The zero-order valence-electron chi connectivity index (χ0n) is 18.6. The van der Waals surface area contributed by atoms with Crippen molar-refractivity contribution in [3.05, 3.63) is 36.2 Å². The van der Waals surface area contributed by atoms with Gasteiger partial charge in [0.2, 0.25) is 23.5 Å². The van der Waals surface area contributed by atoms with Crippen LogP contribution in [0.1, 0.15) is 25.2 Å². The first-order chi connectivity index (χ1) is 15.6. The topological polar surface area (TPSA) is 92.0 Å². The fourth-order valence-electron chi connectivity index (χ4n) is 4.26. The van der Waals surface area contributed by atoms with Gasteiger partial charge in [-0.2, -0.15) is 4.98 Å². The smallest absolute Gasteiger partial charge is 0.246 e. The molecule has 0 saturated carbocycles.